The van der Waals surface area contributed by atoms with Crippen molar-refractivity contribution in [2.45, 2.75) is 38.6 Å². The van der Waals surface area contributed by atoms with Gasteiger partial charge < -0.3 is 15.0 Å². The molecule has 5 nitrogen and oxygen atoms in total. The molecule has 0 saturated heterocycles. The maximum Gasteiger partial charge on any atom is 0.193 e. The summed E-state index contributed by atoms with van der Waals surface area (Å²) in [5.74, 6) is 1.81. The zero-order chi connectivity index (χ0) is 15.1. The number of aliphatic imine (C=N–C) groups is 1. The minimum atomic E-state index is 0. The van der Waals surface area contributed by atoms with Gasteiger partial charge in [0.25, 0.3) is 0 Å². The number of guanidine groups is 1. The number of nitrogens with zero attached hydrogens (tertiary/aromatic N) is 3. The van der Waals surface area contributed by atoms with Gasteiger partial charge in [-0.15, -0.1) is 24.0 Å². The number of hydrogen-bond donors (Lipinski definition) is 1. The van der Waals surface area contributed by atoms with Gasteiger partial charge in [0.2, 0.25) is 0 Å². The van der Waals surface area contributed by atoms with Crippen molar-refractivity contribution < 1.29 is 4.74 Å². The molecule has 0 aromatic carbocycles. The summed E-state index contributed by atoms with van der Waals surface area (Å²) in [6.07, 6.45) is 5.46. The summed E-state index contributed by atoms with van der Waals surface area (Å²) in [4.78, 5) is 9.06. The molecule has 0 heterocycles. The Labute approximate surface area is 152 Å². The summed E-state index contributed by atoms with van der Waals surface area (Å²) >= 11 is 0. The van der Waals surface area contributed by atoms with Crippen molar-refractivity contribution >= 4 is 29.9 Å². The van der Waals surface area contributed by atoms with Crippen molar-refractivity contribution in [3.63, 3.8) is 0 Å². The summed E-state index contributed by atoms with van der Waals surface area (Å²) in [5.41, 5.74) is 0. The van der Waals surface area contributed by atoms with E-state index in [1.807, 2.05) is 7.05 Å². The first-order valence-corrected chi connectivity index (χ1v) is 8.48. The van der Waals surface area contributed by atoms with Crippen LogP contribution < -0.4 is 5.32 Å². The van der Waals surface area contributed by atoms with Crippen LogP contribution >= 0.6 is 24.0 Å². The largest absolute Gasteiger partial charge is 0.379 e. The average molecular weight is 424 g/mol. The number of nitrogens with one attached hydrogen (secondary N) is 1. The summed E-state index contributed by atoms with van der Waals surface area (Å²) < 4.78 is 5.69. The lowest BCUT2D eigenvalue weighted by molar-refractivity contribution is 0.115. The van der Waals surface area contributed by atoms with Crippen molar-refractivity contribution in [1.29, 1.82) is 0 Å². The molecule has 0 atom stereocenters. The predicted octanol–water partition coefficient (Wildman–Crippen LogP) is 2.02. The van der Waals surface area contributed by atoms with E-state index in [1.54, 1.807) is 0 Å². The second-order valence-electron chi connectivity index (χ2n) is 6.27. The van der Waals surface area contributed by atoms with Crippen LogP contribution in [0.3, 0.4) is 0 Å². The van der Waals surface area contributed by atoms with E-state index in [-0.39, 0.29) is 24.0 Å². The van der Waals surface area contributed by atoms with E-state index in [2.05, 4.69) is 34.1 Å². The number of rotatable bonds is 10. The minimum absolute atomic E-state index is 0. The Morgan fingerprint density at radius 2 is 1.95 bits per heavy atom. The van der Waals surface area contributed by atoms with E-state index in [0.717, 1.165) is 57.3 Å². The Bertz CT molecular complexity index is 332. The first kappa shape index (κ1) is 20.0. The summed E-state index contributed by atoms with van der Waals surface area (Å²) in [7, 11) is 3.93. The Morgan fingerprint density at radius 1 is 1.23 bits per heavy atom. The van der Waals surface area contributed by atoms with Gasteiger partial charge in [0.1, 0.15) is 0 Å². The lowest BCUT2D eigenvalue weighted by atomic mass is 10.4. The molecule has 0 radical (unpaired) electrons. The maximum atomic E-state index is 5.69. The molecular formula is C16H33IN4O. The van der Waals surface area contributed by atoms with Gasteiger partial charge in [-0.3, -0.25) is 9.89 Å². The molecule has 0 aliphatic heterocycles. The topological polar surface area (TPSA) is 40.1 Å². The van der Waals surface area contributed by atoms with E-state index in [9.17, 15) is 0 Å². The number of halogens is 1. The van der Waals surface area contributed by atoms with Crippen LogP contribution in [-0.4, -0.2) is 75.3 Å². The Balaban J connectivity index is 0.00000242. The standard InChI is InChI=1S/C16H32N4O.HI/c1-4-20(15-7-8-15)10-9-18-16(17-2)19(3)11-12-21-13-14-5-6-14;/h14-15H,4-13H2,1-3H3,(H,17,18);1H. The molecule has 0 unspecified atom stereocenters. The molecule has 2 fully saturated rings. The highest BCUT2D eigenvalue weighted by atomic mass is 127. The highest BCUT2D eigenvalue weighted by molar-refractivity contribution is 14.0. The summed E-state index contributed by atoms with van der Waals surface area (Å²) in [6.45, 7) is 8.08. The zero-order valence-electron chi connectivity index (χ0n) is 14.4. The lowest BCUT2D eigenvalue weighted by Crippen LogP contribution is -2.44. The molecular weight excluding hydrogens is 391 g/mol. The maximum absolute atomic E-state index is 5.69. The molecule has 0 aromatic heterocycles. The van der Waals surface area contributed by atoms with Crippen LogP contribution in [0.2, 0.25) is 0 Å². The molecule has 6 heteroatoms. The molecule has 2 rings (SSSR count). The highest BCUT2D eigenvalue weighted by Gasteiger charge is 2.27. The van der Waals surface area contributed by atoms with Gasteiger partial charge >= 0.3 is 0 Å². The van der Waals surface area contributed by atoms with Gasteiger partial charge in [0, 0.05) is 46.4 Å². The van der Waals surface area contributed by atoms with Crippen LogP contribution in [0.5, 0.6) is 0 Å². The monoisotopic (exact) mass is 424 g/mol. The Morgan fingerprint density at radius 3 is 2.50 bits per heavy atom. The molecule has 22 heavy (non-hydrogen) atoms. The van der Waals surface area contributed by atoms with Gasteiger partial charge in [0.05, 0.1) is 6.61 Å². The molecule has 0 amide bonds. The Kier molecular flexibility index (Phi) is 9.66. The van der Waals surface area contributed by atoms with Gasteiger partial charge in [-0.05, 0) is 38.1 Å². The Hall–Kier alpha value is -0.0800. The number of ether oxygens (including phenoxy) is 1. The smallest absolute Gasteiger partial charge is 0.193 e. The van der Waals surface area contributed by atoms with Crippen LogP contribution in [0.4, 0.5) is 0 Å². The van der Waals surface area contributed by atoms with E-state index in [4.69, 9.17) is 4.74 Å². The van der Waals surface area contributed by atoms with Crippen LogP contribution in [-0.2, 0) is 4.74 Å². The first-order valence-electron chi connectivity index (χ1n) is 8.48. The van der Waals surface area contributed by atoms with Gasteiger partial charge in [-0.1, -0.05) is 6.92 Å². The normalized spacial score (nSPS) is 18.3. The van der Waals surface area contributed by atoms with E-state index in [0.29, 0.717) is 0 Å². The fourth-order valence-corrected chi connectivity index (χ4v) is 2.58. The van der Waals surface area contributed by atoms with Crippen molar-refractivity contribution in [3.8, 4) is 0 Å². The average Bonchev–Trinajstić information content (AvgIpc) is 3.37. The molecule has 1 N–H and O–H groups in total. The molecule has 130 valence electrons. The summed E-state index contributed by atoms with van der Waals surface area (Å²) in [6, 6.07) is 0.840. The predicted molar refractivity (Wildman–Crippen MR) is 103 cm³/mol. The van der Waals surface area contributed by atoms with Gasteiger partial charge in [-0.25, -0.2) is 0 Å². The quantitative estimate of drug-likeness (QED) is 0.252. The molecule has 2 aliphatic carbocycles. The van der Waals surface area contributed by atoms with E-state index in [1.165, 1.54) is 25.7 Å². The van der Waals surface area contributed by atoms with Crippen LogP contribution in [0.1, 0.15) is 32.6 Å². The third kappa shape index (κ3) is 7.46. The molecule has 0 bridgehead atoms. The van der Waals surface area contributed by atoms with Crippen molar-refractivity contribution in [3.05, 3.63) is 0 Å². The minimum Gasteiger partial charge on any atom is -0.379 e. The second kappa shape index (κ2) is 10.6. The number of likely N-dealkylation sites (N-methyl/N-ethyl adjacent to an activating group) is 2. The summed E-state index contributed by atoms with van der Waals surface area (Å²) in [5, 5.41) is 3.46. The fraction of sp³-hybridized carbons (Fsp3) is 0.938. The highest BCUT2D eigenvalue weighted by Crippen LogP contribution is 2.28. The van der Waals surface area contributed by atoms with Gasteiger partial charge in [0.15, 0.2) is 5.96 Å². The third-order valence-electron chi connectivity index (χ3n) is 4.35. The SMILES string of the molecule is CCN(CCNC(=NC)N(C)CCOCC1CC1)C1CC1.I. The van der Waals surface area contributed by atoms with Crippen LogP contribution in [0.25, 0.3) is 0 Å². The third-order valence-corrected chi connectivity index (χ3v) is 4.35. The molecule has 2 aliphatic rings. The van der Waals surface area contributed by atoms with Crippen LogP contribution in [0, 0.1) is 5.92 Å². The van der Waals surface area contributed by atoms with Crippen LogP contribution in [0.15, 0.2) is 4.99 Å². The molecule has 2 saturated carbocycles. The van der Waals surface area contributed by atoms with E-state index >= 15 is 0 Å². The van der Waals surface area contributed by atoms with Gasteiger partial charge in [-0.2, -0.15) is 0 Å². The molecule has 0 spiro atoms. The molecule has 0 aromatic rings. The van der Waals surface area contributed by atoms with Crippen molar-refractivity contribution in [1.82, 2.24) is 15.1 Å². The lowest BCUT2D eigenvalue weighted by Gasteiger charge is -2.24. The fourth-order valence-electron chi connectivity index (χ4n) is 2.58. The number of hydrogen-bond acceptors (Lipinski definition) is 3. The van der Waals surface area contributed by atoms with E-state index < -0.39 is 0 Å². The van der Waals surface area contributed by atoms with Crippen molar-refractivity contribution in [2.24, 2.45) is 10.9 Å². The second-order valence-corrected chi connectivity index (χ2v) is 6.27. The first-order chi connectivity index (χ1) is 10.2. The van der Waals surface area contributed by atoms with Crippen molar-refractivity contribution in [2.75, 3.05) is 53.5 Å². The zero-order valence-corrected chi connectivity index (χ0v) is 16.7.